The zero-order valence-electron chi connectivity index (χ0n) is 15.5. The molecule has 1 aliphatic heterocycles. The number of nitrogens with one attached hydrogen (secondary N) is 1. The molecule has 0 unspecified atom stereocenters. The Morgan fingerprint density at radius 2 is 1.55 bits per heavy atom. The summed E-state index contributed by atoms with van der Waals surface area (Å²) in [7, 11) is 0. The molecule has 1 saturated heterocycles. The van der Waals surface area contributed by atoms with Crippen LogP contribution in [-0.4, -0.2) is 46.3 Å². The third-order valence-electron chi connectivity index (χ3n) is 4.72. The Morgan fingerprint density at radius 3 is 2.17 bits per heavy atom. The van der Waals surface area contributed by atoms with Crippen LogP contribution in [0.2, 0.25) is 0 Å². The third kappa shape index (κ3) is 3.59. The fourth-order valence-corrected chi connectivity index (χ4v) is 3.57. The molecule has 3 aromatic heterocycles. The van der Waals surface area contributed by atoms with Crippen molar-refractivity contribution in [2.45, 2.75) is 0 Å². The highest BCUT2D eigenvalue weighted by Gasteiger charge is 2.18. The molecule has 8 heteroatoms. The predicted molar refractivity (Wildman–Crippen MR) is 114 cm³/mol. The second kappa shape index (κ2) is 7.65. The SMILES string of the molecule is S=C(Nc1ccc2nc(-c3ccco3)c(-c3ccco3)nc2c1)N1CCOCC1. The fourth-order valence-electron chi connectivity index (χ4n) is 3.27. The van der Waals surface area contributed by atoms with Gasteiger partial charge in [0, 0.05) is 18.8 Å². The molecule has 4 aromatic rings. The number of benzene rings is 1. The van der Waals surface area contributed by atoms with E-state index in [1.54, 1.807) is 12.5 Å². The lowest BCUT2D eigenvalue weighted by Gasteiger charge is -2.29. The molecule has 29 heavy (non-hydrogen) atoms. The normalized spacial score (nSPS) is 14.3. The van der Waals surface area contributed by atoms with Gasteiger partial charge in [0.2, 0.25) is 0 Å². The van der Waals surface area contributed by atoms with Crippen molar-refractivity contribution in [1.82, 2.24) is 14.9 Å². The molecule has 0 atom stereocenters. The van der Waals surface area contributed by atoms with Crippen LogP contribution in [0.5, 0.6) is 0 Å². The van der Waals surface area contributed by atoms with E-state index in [0.717, 1.165) is 29.8 Å². The van der Waals surface area contributed by atoms with Crippen molar-refractivity contribution in [2.24, 2.45) is 0 Å². The average Bonchev–Trinajstić information content (AvgIpc) is 3.47. The van der Waals surface area contributed by atoms with Crippen LogP contribution in [0.25, 0.3) is 33.9 Å². The van der Waals surface area contributed by atoms with E-state index >= 15 is 0 Å². The van der Waals surface area contributed by atoms with E-state index in [2.05, 4.69) is 10.2 Å². The van der Waals surface area contributed by atoms with E-state index in [0.29, 0.717) is 41.2 Å². The van der Waals surface area contributed by atoms with Crippen molar-refractivity contribution in [2.75, 3.05) is 31.6 Å². The number of morpholine rings is 1. The molecular formula is C21H18N4O3S. The van der Waals surface area contributed by atoms with Gasteiger partial charge in [0.1, 0.15) is 11.4 Å². The largest absolute Gasteiger partial charge is 0.463 e. The van der Waals surface area contributed by atoms with Crippen molar-refractivity contribution in [1.29, 1.82) is 0 Å². The van der Waals surface area contributed by atoms with Gasteiger partial charge in [-0.2, -0.15) is 0 Å². The molecule has 1 aliphatic rings. The highest BCUT2D eigenvalue weighted by molar-refractivity contribution is 7.80. The van der Waals surface area contributed by atoms with E-state index in [1.165, 1.54) is 0 Å². The number of anilines is 1. The molecule has 1 aromatic carbocycles. The summed E-state index contributed by atoms with van der Waals surface area (Å²) < 4.78 is 16.5. The second-order valence-electron chi connectivity index (χ2n) is 6.61. The van der Waals surface area contributed by atoms with E-state index in [4.69, 9.17) is 35.8 Å². The fraction of sp³-hybridized carbons (Fsp3) is 0.190. The lowest BCUT2D eigenvalue weighted by Crippen LogP contribution is -2.42. The molecule has 4 heterocycles. The lowest BCUT2D eigenvalue weighted by molar-refractivity contribution is 0.0690. The average molecular weight is 406 g/mol. The first-order valence-electron chi connectivity index (χ1n) is 9.31. The van der Waals surface area contributed by atoms with Gasteiger partial charge in [0.05, 0.1) is 36.8 Å². The summed E-state index contributed by atoms with van der Waals surface area (Å²) in [6.45, 7) is 2.95. The van der Waals surface area contributed by atoms with Gasteiger partial charge in [-0.15, -0.1) is 0 Å². The van der Waals surface area contributed by atoms with Crippen LogP contribution in [-0.2, 0) is 4.74 Å². The molecule has 1 N–H and O–H groups in total. The topological polar surface area (TPSA) is 76.6 Å². The molecule has 0 aliphatic carbocycles. The lowest BCUT2D eigenvalue weighted by atomic mass is 10.1. The highest BCUT2D eigenvalue weighted by atomic mass is 32.1. The van der Waals surface area contributed by atoms with Crippen molar-refractivity contribution >= 4 is 34.1 Å². The molecule has 7 nitrogen and oxygen atoms in total. The van der Waals surface area contributed by atoms with Gasteiger partial charge in [-0.1, -0.05) is 0 Å². The summed E-state index contributed by atoms with van der Waals surface area (Å²) >= 11 is 5.54. The molecule has 5 rings (SSSR count). The number of ether oxygens (including phenoxy) is 1. The summed E-state index contributed by atoms with van der Waals surface area (Å²) in [5.41, 5.74) is 3.63. The van der Waals surface area contributed by atoms with Crippen molar-refractivity contribution in [3.63, 3.8) is 0 Å². The number of fused-ring (bicyclic) bond motifs is 1. The number of nitrogens with zero attached hydrogens (tertiary/aromatic N) is 3. The first kappa shape index (κ1) is 17.8. The van der Waals surface area contributed by atoms with Crippen LogP contribution in [0.3, 0.4) is 0 Å². The quantitative estimate of drug-likeness (QED) is 0.508. The van der Waals surface area contributed by atoms with E-state index < -0.39 is 0 Å². The van der Waals surface area contributed by atoms with Crippen LogP contribution >= 0.6 is 12.2 Å². The molecule has 0 amide bonds. The van der Waals surface area contributed by atoms with Gasteiger partial charge in [0.15, 0.2) is 16.6 Å². The van der Waals surface area contributed by atoms with Gasteiger partial charge in [0.25, 0.3) is 0 Å². The molecule has 0 spiro atoms. The van der Waals surface area contributed by atoms with Crippen molar-refractivity contribution in [3.8, 4) is 22.9 Å². The Morgan fingerprint density at radius 1 is 0.897 bits per heavy atom. The standard InChI is InChI=1S/C21H18N4O3S/c29-21(25-7-11-26-12-8-25)22-14-5-6-15-16(13-14)24-20(18-4-2-10-28-18)19(23-15)17-3-1-9-27-17/h1-6,9-10,13H,7-8,11-12H2,(H,22,29). The first-order chi connectivity index (χ1) is 14.3. The maximum atomic E-state index is 5.58. The number of aromatic nitrogens is 2. The van der Waals surface area contributed by atoms with E-state index in [-0.39, 0.29) is 0 Å². The minimum absolute atomic E-state index is 0.630. The number of furan rings is 2. The summed E-state index contributed by atoms with van der Waals surface area (Å²) in [4.78, 5) is 11.7. The smallest absolute Gasteiger partial charge is 0.173 e. The van der Waals surface area contributed by atoms with Gasteiger partial charge in [-0.05, 0) is 54.7 Å². The molecule has 0 bridgehead atoms. The Bertz CT molecular complexity index is 1140. The Hall–Kier alpha value is -3.23. The van der Waals surface area contributed by atoms with Crippen LogP contribution in [0.4, 0.5) is 5.69 Å². The monoisotopic (exact) mass is 406 g/mol. The minimum Gasteiger partial charge on any atom is -0.463 e. The van der Waals surface area contributed by atoms with Crippen LogP contribution < -0.4 is 5.32 Å². The molecule has 1 fully saturated rings. The molecule has 146 valence electrons. The van der Waals surface area contributed by atoms with Crippen molar-refractivity contribution in [3.05, 3.63) is 55.0 Å². The van der Waals surface area contributed by atoms with Crippen LogP contribution in [0.1, 0.15) is 0 Å². The maximum Gasteiger partial charge on any atom is 0.173 e. The van der Waals surface area contributed by atoms with E-state index in [1.807, 2.05) is 42.5 Å². The zero-order chi connectivity index (χ0) is 19.6. The van der Waals surface area contributed by atoms with Crippen LogP contribution in [0, 0.1) is 0 Å². The number of thiocarbonyl (C=S) groups is 1. The summed E-state index contributed by atoms with van der Waals surface area (Å²) in [6.07, 6.45) is 3.23. The van der Waals surface area contributed by atoms with E-state index in [9.17, 15) is 0 Å². The van der Waals surface area contributed by atoms with Gasteiger partial charge in [-0.25, -0.2) is 9.97 Å². The number of hydrogen-bond acceptors (Lipinski definition) is 6. The van der Waals surface area contributed by atoms with Gasteiger partial charge in [-0.3, -0.25) is 0 Å². The van der Waals surface area contributed by atoms with Crippen LogP contribution in [0.15, 0.2) is 63.8 Å². The Kier molecular flexibility index (Phi) is 4.71. The zero-order valence-corrected chi connectivity index (χ0v) is 16.3. The first-order valence-corrected chi connectivity index (χ1v) is 9.72. The van der Waals surface area contributed by atoms with Gasteiger partial charge < -0.3 is 23.8 Å². The number of rotatable bonds is 3. The summed E-state index contributed by atoms with van der Waals surface area (Å²) in [6, 6.07) is 13.2. The van der Waals surface area contributed by atoms with Gasteiger partial charge >= 0.3 is 0 Å². The predicted octanol–water partition coefficient (Wildman–Crippen LogP) is 4.18. The number of hydrogen-bond donors (Lipinski definition) is 1. The Labute approximate surface area is 172 Å². The molecule has 0 saturated carbocycles. The highest BCUT2D eigenvalue weighted by Crippen LogP contribution is 2.32. The maximum absolute atomic E-state index is 5.58. The molecular weight excluding hydrogens is 388 g/mol. The minimum atomic E-state index is 0.630. The Balaban J connectivity index is 1.52. The second-order valence-corrected chi connectivity index (χ2v) is 7.00. The molecule has 0 radical (unpaired) electrons. The van der Waals surface area contributed by atoms with Crippen molar-refractivity contribution < 1.29 is 13.6 Å². The summed E-state index contributed by atoms with van der Waals surface area (Å²) in [5.74, 6) is 1.27. The third-order valence-corrected chi connectivity index (χ3v) is 5.08. The summed E-state index contributed by atoms with van der Waals surface area (Å²) in [5, 5.41) is 3.97.